The molecule has 0 radical (unpaired) electrons. The van der Waals surface area contributed by atoms with E-state index in [1.165, 1.54) is 6.42 Å². The first-order valence-electron chi connectivity index (χ1n) is 5.32. The van der Waals surface area contributed by atoms with Crippen LogP contribution in [0.2, 0.25) is 0 Å². The molecule has 2 atom stereocenters. The first-order valence-corrected chi connectivity index (χ1v) is 6.29. The lowest BCUT2D eigenvalue weighted by Crippen LogP contribution is -2.41. The summed E-state index contributed by atoms with van der Waals surface area (Å²) in [5, 5.41) is 10.6. The third-order valence-corrected chi connectivity index (χ3v) is 4.35. The van der Waals surface area contributed by atoms with E-state index in [1.807, 2.05) is 37.3 Å². The number of aliphatic hydroxyl groups is 1. The van der Waals surface area contributed by atoms with Crippen molar-refractivity contribution in [3.63, 3.8) is 0 Å². The van der Waals surface area contributed by atoms with Gasteiger partial charge < -0.3 is 5.11 Å². The first-order chi connectivity index (χ1) is 7.12. The molecular formula is C12H16INO. The Hall–Kier alpha value is -0.130. The average molecular weight is 317 g/mol. The van der Waals surface area contributed by atoms with Gasteiger partial charge in [0, 0.05) is 29.4 Å². The van der Waals surface area contributed by atoms with Gasteiger partial charge in [0.2, 0.25) is 0 Å². The molecule has 0 saturated carbocycles. The summed E-state index contributed by atoms with van der Waals surface area (Å²) < 4.78 is 2.23. The number of rotatable bonds is 2. The molecule has 0 bridgehead atoms. The molecule has 0 unspecified atom stereocenters. The zero-order valence-corrected chi connectivity index (χ0v) is 11.0. The van der Waals surface area contributed by atoms with Crippen LogP contribution >= 0.6 is 22.9 Å². The van der Waals surface area contributed by atoms with Gasteiger partial charge in [0.1, 0.15) is 5.60 Å². The van der Waals surface area contributed by atoms with Crippen molar-refractivity contribution in [3.05, 3.63) is 35.9 Å². The van der Waals surface area contributed by atoms with E-state index in [0.717, 1.165) is 18.5 Å². The normalized spacial score (nSPS) is 26.5. The molecule has 2 nitrogen and oxygen atoms in total. The number of hydrogen-bond donors (Lipinski definition) is 1. The fourth-order valence-corrected chi connectivity index (χ4v) is 3.42. The van der Waals surface area contributed by atoms with Crippen LogP contribution in [0, 0.1) is 0 Å². The van der Waals surface area contributed by atoms with E-state index in [4.69, 9.17) is 0 Å². The van der Waals surface area contributed by atoms with Crippen molar-refractivity contribution in [2.75, 3.05) is 6.54 Å². The number of benzene rings is 1. The van der Waals surface area contributed by atoms with E-state index in [1.54, 1.807) is 0 Å². The molecule has 15 heavy (non-hydrogen) atoms. The average Bonchev–Trinajstić information content (AvgIpc) is 2.66. The van der Waals surface area contributed by atoms with Crippen molar-refractivity contribution in [3.8, 4) is 0 Å². The predicted octanol–water partition coefficient (Wildman–Crippen LogP) is 2.71. The fourth-order valence-electron chi connectivity index (χ4n) is 2.25. The van der Waals surface area contributed by atoms with Crippen LogP contribution in [0.1, 0.15) is 25.3 Å². The first kappa shape index (κ1) is 11.4. The molecule has 1 N–H and O–H groups in total. The maximum Gasteiger partial charge on any atom is 0.103 e. The summed E-state index contributed by atoms with van der Waals surface area (Å²) >= 11 is 2.32. The van der Waals surface area contributed by atoms with Gasteiger partial charge in [-0.15, -0.1) is 0 Å². The largest absolute Gasteiger partial charge is 0.384 e. The molecule has 1 aromatic carbocycles. The van der Waals surface area contributed by atoms with Crippen LogP contribution < -0.4 is 0 Å². The summed E-state index contributed by atoms with van der Waals surface area (Å²) in [5.74, 6) is 0. The topological polar surface area (TPSA) is 23.5 Å². The smallest absolute Gasteiger partial charge is 0.103 e. The highest BCUT2D eigenvalue weighted by Crippen LogP contribution is 2.36. The van der Waals surface area contributed by atoms with E-state index < -0.39 is 5.60 Å². The molecule has 1 heterocycles. The lowest BCUT2D eigenvalue weighted by Gasteiger charge is -2.33. The quantitative estimate of drug-likeness (QED) is 0.670. The third-order valence-electron chi connectivity index (χ3n) is 3.19. The lowest BCUT2D eigenvalue weighted by molar-refractivity contribution is 0.00576. The lowest BCUT2D eigenvalue weighted by atomic mass is 9.87. The molecule has 0 amide bonds. The van der Waals surface area contributed by atoms with Gasteiger partial charge in [-0.3, -0.25) is 0 Å². The van der Waals surface area contributed by atoms with Crippen molar-refractivity contribution in [2.24, 2.45) is 0 Å². The molecule has 1 fully saturated rings. The minimum absolute atomic E-state index is 0.237. The van der Waals surface area contributed by atoms with Crippen LogP contribution in [0.4, 0.5) is 0 Å². The Labute approximate surface area is 105 Å². The minimum atomic E-state index is -0.737. The number of nitrogens with zero attached hydrogens (tertiary/aromatic N) is 1. The molecule has 1 aliphatic heterocycles. The number of halogens is 1. The summed E-state index contributed by atoms with van der Waals surface area (Å²) in [4.78, 5) is 0. The molecule has 1 aliphatic rings. The zero-order chi connectivity index (χ0) is 10.9. The van der Waals surface area contributed by atoms with Crippen LogP contribution in [0.15, 0.2) is 30.3 Å². The Morgan fingerprint density at radius 1 is 1.40 bits per heavy atom. The molecule has 0 aromatic heterocycles. The van der Waals surface area contributed by atoms with Gasteiger partial charge in [-0.05, 0) is 25.3 Å². The van der Waals surface area contributed by atoms with Crippen LogP contribution in [0.5, 0.6) is 0 Å². The summed E-state index contributed by atoms with van der Waals surface area (Å²) in [6, 6.07) is 10.2. The molecule has 0 spiro atoms. The fraction of sp³-hybridized carbons (Fsp3) is 0.500. The SMILES string of the molecule is C[C@](O)(c1ccccc1)[C@H]1CCCN1I. The standard InChI is InChI=1S/C12H16INO/c1-12(15,10-6-3-2-4-7-10)11-8-5-9-14(11)13/h2-4,6-7,11,15H,5,8-9H2,1H3/t11-,12+/m1/s1. The minimum Gasteiger partial charge on any atom is -0.384 e. The molecule has 82 valence electrons. The molecular weight excluding hydrogens is 301 g/mol. The molecule has 2 rings (SSSR count). The molecule has 0 aliphatic carbocycles. The Morgan fingerprint density at radius 3 is 2.60 bits per heavy atom. The Bertz CT molecular complexity index is 326. The Morgan fingerprint density at radius 2 is 2.07 bits per heavy atom. The van der Waals surface area contributed by atoms with Crippen molar-refractivity contribution in [1.29, 1.82) is 0 Å². The van der Waals surface area contributed by atoms with E-state index in [-0.39, 0.29) is 6.04 Å². The second-order valence-electron chi connectivity index (χ2n) is 4.29. The predicted molar refractivity (Wildman–Crippen MR) is 69.8 cm³/mol. The van der Waals surface area contributed by atoms with Crippen LogP contribution in [0.25, 0.3) is 0 Å². The highest BCUT2D eigenvalue weighted by Gasteiger charge is 2.39. The van der Waals surface area contributed by atoms with Crippen LogP contribution in [-0.4, -0.2) is 20.8 Å². The third kappa shape index (κ3) is 2.19. The second kappa shape index (κ2) is 4.39. The van der Waals surface area contributed by atoms with E-state index >= 15 is 0 Å². The Balaban J connectivity index is 2.26. The van der Waals surface area contributed by atoms with Gasteiger partial charge >= 0.3 is 0 Å². The van der Waals surface area contributed by atoms with E-state index in [2.05, 4.69) is 26.0 Å². The maximum absolute atomic E-state index is 10.6. The van der Waals surface area contributed by atoms with Crippen molar-refractivity contribution >= 4 is 22.9 Å². The van der Waals surface area contributed by atoms with Gasteiger partial charge in [0.15, 0.2) is 0 Å². The van der Waals surface area contributed by atoms with Gasteiger partial charge in [-0.25, -0.2) is 3.11 Å². The van der Waals surface area contributed by atoms with E-state index in [0.29, 0.717) is 0 Å². The molecule has 1 saturated heterocycles. The van der Waals surface area contributed by atoms with Crippen molar-refractivity contribution < 1.29 is 5.11 Å². The Kier molecular flexibility index (Phi) is 3.33. The van der Waals surface area contributed by atoms with Crippen molar-refractivity contribution in [2.45, 2.75) is 31.4 Å². The van der Waals surface area contributed by atoms with E-state index in [9.17, 15) is 5.11 Å². The summed E-state index contributed by atoms with van der Waals surface area (Å²) in [7, 11) is 0. The van der Waals surface area contributed by atoms with Gasteiger partial charge in [-0.1, -0.05) is 30.3 Å². The molecule has 3 heteroatoms. The van der Waals surface area contributed by atoms with Crippen LogP contribution in [0.3, 0.4) is 0 Å². The van der Waals surface area contributed by atoms with Crippen molar-refractivity contribution in [1.82, 2.24) is 3.11 Å². The maximum atomic E-state index is 10.6. The zero-order valence-electron chi connectivity index (χ0n) is 8.86. The summed E-state index contributed by atoms with van der Waals surface area (Å²) in [5.41, 5.74) is 0.275. The summed E-state index contributed by atoms with van der Waals surface area (Å²) in [6.07, 6.45) is 2.25. The van der Waals surface area contributed by atoms with Gasteiger partial charge in [-0.2, -0.15) is 0 Å². The highest BCUT2D eigenvalue weighted by molar-refractivity contribution is 14.1. The van der Waals surface area contributed by atoms with Gasteiger partial charge in [0.25, 0.3) is 0 Å². The molecule has 1 aromatic rings. The van der Waals surface area contributed by atoms with Gasteiger partial charge in [0.05, 0.1) is 6.04 Å². The number of hydrogen-bond acceptors (Lipinski definition) is 2. The highest BCUT2D eigenvalue weighted by atomic mass is 127. The monoisotopic (exact) mass is 317 g/mol. The second-order valence-corrected chi connectivity index (χ2v) is 5.53. The summed E-state index contributed by atoms with van der Waals surface area (Å²) in [6.45, 7) is 3.00. The van der Waals surface area contributed by atoms with Crippen LogP contribution in [-0.2, 0) is 5.60 Å².